The standard InChI is InChI=1S/C27H31NO4/c1-13-15-8-16-21-27-19(9-15)26(16,22(13)29)10-17-20(27)25(2,12-28(17)21)11-18(23(27)30)32-24(31)14-6-4-3-5-7-14/h3-7,15-23,29-30H,1,8-12H2,2H3/t15-,16+,17-,18-,19+,20+,21+,22+,23+,25-,26+,27-/m0/s1. The minimum atomic E-state index is -0.668. The van der Waals surface area contributed by atoms with Gasteiger partial charge in [-0.05, 0) is 72.5 Å². The van der Waals surface area contributed by atoms with Crippen molar-refractivity contribution in [3.63, 3.8) is 0 Å². The van der Waals surface area contributed by atoms with Crippen LogP contribution in [0.3, 0.4) is 0 Å². The summed E-state index contributed by atoms with van der Waals surface area (Å²) < 4.78 is 6.10. The van der Waals surface area contributed by atoms with Crippen molar-refractivity contribution in [1.29, 1.82) is 0 Å². The van der Waals surface area contributed by atoms with E-state index < -0.39 is 18.3 Å². The minimum Gasteiger partial charge on any atom is -0.456 e. The zero-order valence-corrected chi connectivity index (χ0v) is 18.5. The van der Waals surface area contributed by atoms with Crippen LogP contribution >= 0.6 is 0 Å². The molecule has 6 saturated carbocycles. The number of esters is 1. The molecule has 168 valence electrons. The van der Waals surface area contributed by atoms with Gasteiger partial charge in [-0.25, -0.2) is 4.79 Å². The number of hydrogen-bond acceptors (Lipinski definition) is 5. The van der Waals surface area contributed by atoms with Crippen molar-refractivity contribution in [3.05, 3.63) is 48.0 Å². The Morgan fingerprint density at radius 2 is 1.97 bits per heavy atom. The monoisotopic (exact) mass is 433 g/mol. The zero-order chi connectivity index (χ0) is 21.8. The number of rotatable bonds is 2. The maximum atomic E-state index is 13.0. The third-order valence-corrected chi connectivity index (χ3v) is 11.6. The number of carbonyl (C=O) groups excluding carboxylic acids is 1. The normalized spacial score (nSPS) is 59.7. The average Bonchev–Trinajstić information content (AvgIpc) is 3.20. The SMILES string of the molecule is C=C1[C@H]2C[C@@H]3[C@H]4N5C[C@]6(C)C[C@H](OC(=O)c7ccccc7)[C@@H](O)[C@@]47[C@@H]6[C@@H]5C[C@]3([C@@H]1O)[C@H]7C2. The number of nitrogens with zero attached hydrogens (tertiary/aromatic N) is 1. The van der Waals surface area contributed by atoms with Crippen LogP contribution < -0.4 is 0 Å². The summed E-state index contributed by atoms with van der Waals surface area (Å²) in [4.78, 5) is 15.7. The molecule has 0 aromatic heterocycles. The molecule has 9 fully saturated rings. The smallest absolute Gasteiger partial charge is 0.338 e. The van der Waals surface area contributed by atoms with E-state index in [0.29, 0.717) is 41.3 Å². The van der Waals surface area contributed by atoms with Gasteiger partial charge in [-0.3, -0.25) is 4.90 Å². The molecule has 5 heteroatoms. The number of piperidine rings is 2. The van der Waals surface area contributed by atoms with Gasteiger partial charge >= 0.3 is 5.97 Å². The lowest BCUT2D eigenvalue weighted by molar-refractivity contribution is -0.223. The Hall–Kier alpha value is -1.69. The Morgan fingerprint density at radius 3 is 2.75 bits per heavy atom. The van der Waals surface area contributed by atoms with E-state index in [1.165, 1.54) is 0 Å². The minimum absolute atomic E-state index is 0.0440. The zero-order valence-electron chi connectivity index (χ0n) is 18.5. The molecule has 6 aliphatic carbocycles. The van der Waals surface area contributed by atoms with Gasteiger partial charge in [0.15, 0.2) is 0 Å². The number of aliphatic hydroxyl groups excluding tert-OH is 2. The summed E-state index contributed by atoms with van der Waals surface area (Å²) >= 11 is 0. The molecule has 2 spiro atoms. The summed E-state index contributed by atoms with van der Waals surface area (Å²) in [6, 6.07) is 9.89. The number of fused-ring (bicyclic) bond motifs is 1. The molecule has 5 nitrogen and oxygen atoms in total. The Labute approximate surface area is 188 Å². The Bertz CT molecular complexity index is 1070. The Kier molecular flexibility index (Phi) is 3.12. The van der Waals surface area contributed by atoms with Gasteiger partial charge in [0.1, 0.15) is 6.10 Å². The first-order valence-electron chi connectivity index (χ1n) is 12.4. The molecule has 2 N–H and O–H groups in total. The van der Waals surface area contributed by atoms with E-state index in [9.17, 15) is 15.0 Å². The topological polar surface area (TPSA) is 70.0 Å². The molecule has 10 rings (SSSR count). The summed E-state index contributed by atoms with van der Waals surface area (Å²) in [5.41, 5.74) is 1.23. The van der Waals surface area contributed by atoms with Crippen LogP contribution in [0.1, 0.15) is 43.0 Å². The van der Waals surface area contributed by atoms with Crippen molar-refractivity contribution in [3.8, 4) is 0 Å². The molecule has 3 aliphatic heterocycles. The predicted molar refractivity (Wildman–Crippen MR) is 116 cm³/mol. The first-order valence-corrected chi connectivity index (χ1v) is 12.4. The fraction of sp³-hybridized carbons (Fsp3) is 0.667. The summed E-state index contributed by atoms with van der Waals surface area (Å²) in [6.07, 6.45) is 2.32. The molecular formula is C27H31NO4. The van der Waals surface area contributed by atoms with Gasteiger partial charge in [-0.1, -0.05) is 31.7 Å². The number of ether oxygens (including phenoxy) is 1. The molecule has 3 saturated heterocycles. The van der Waals surface area contributed by atoms with Gasteiger partial charge in [0.25, 0.3) is 0 Å². The second-order valence-corrected chi connectivity index (χ2v) is 12.4. The molecule has 3 heterocycles. The van der Waals surface area contributed by atoms with Crippen molar-refractivity contribution in [1.82, 2.24) is 4.90 Å². The van der Waals surface area contributed by atoms with E-state index in [4.69, 9.17) is 4.74 Å². The van der Waals surface area contributed by atoms with E-state index in [2.05, 4.69) is 18.4 Å². The third-order valence-electron chi connectivity index (χ3n) is 11.6. The molecule has 1 aromatic carbocycles. The second-order valence-electron chi connectivity index (χ2n) is 12.4. The molecule has 0 amide bonds. The van der Waals surface area contributed by atoms with E-state index in [1.807, 2.05) is 18.2 Å². The molecule has 13 atom stereocenters. The predicted octanol–water partition coefficient (Wildman–Crippen LogP) is 2.63. The molecule has 1 unspecified atom stereocenters. The first kappa shape index (κ1) is 18.7. The highest BCUT2D eigenvalue weighted by Crippen LogP contribution is 2.87. The van der Waals surface area contributed by atoms with Crippen LogP contribution in [-0.2, 0) is 4.74 Å². The number of hydrogen-bond donors (Lipinski definition) is 2. The Balaban J connectivity index is 1.25. The fourth-order valence-electron chi connectivity index (χ4n) is 11.3. The highest BCUT2D eigenvalue weighted by molar-refractivity contribution is 5.89. The van der Waals surface area contributed by atoms with Crippen LogP contribution in [0.4, 0.5) is 0 Å². The van der Waals surface area contributed by atoms with Gasteiger partial charge in [-0.15, -0.1) is 0 Å². The quantitative estimate of drug-likeness (QED) is 0.554. The molecular weight excluding hydrogens is 402 g/mol. The van der Waals surface area contributed by atoms with Crippen molar-refractivity contribution in [2.24, 2.45) is 39.9 Å². The Morgan fingerprint density at radius 1 is 1.19 bits per heavy atom. The van der Waals surface area contributed by atoms with Gasteiger partial charge in [0.2, 0.25) is 0 Å². The lowest BCUT2D eigenvalue weighted by atomic mass is 9.39. The van der Waals surface area contributed by atoms with Crippen LogP contribution in [0, 0.1) is 39.9 Å². The van der Waals surface area contributed by atoms with E-state index in [-0.39, 0.29) is 22.2 Å². The number of carbonyl (C=O) groups is 1. The van der Waals surface area contributed by atoms with E-state index in [1.54, 1.807) is 12.1 Å². The summed E-state index contributed by atoms with van der Waals surface area (Å²) in [6.45, 7) is 7.71. The summed E-state index contributed by atoms with van der Waals surface area (Å²) in [7, 11) is 0. The largest absolute Gasteiger partial charge is 0.456 e. The summed E-state index contributed by atoms with van der Waals surface area (Å²) in [5, 5.41) is 23.6. The third kappa shape index (κ3) is 1.64. The lowest BCUT2D eigenvalue weighted by Crippen LogP contribution is -2.69. The average molecular weight is 434 g/mol. The van der Waals surface area contributed by atoms with Crippen LogP contribution in [0.5, 0.6) is 0 Å². The molecule has 9 bridgehead atoms. The van der Waals surface area contributed by atoms with E-state index in [0.717, 1.165) is 37.8 Å². The van der Waals surface area contributed by atoms with Gasteiger partial charge < -0.3 is 14.9 Å². The fourth-order valence-corrected chi connectivity index (χ4v) is 11.3. The first-order chi connectivity index (χ1) is 15.3. The van der Waals surface area contributed by atoms with Gasteiger partial charge in [0.05, 0.1) is 17.8 Å². The van der Waals surface area contributed by atoms with Crippen LogP contribution in [-0.4, -0.2) is 58.0 Å². The lowest BCUT2D eigenvalue weighted by Gasteiger charge is -2.65. The summed E-state index contributed by atoms with van der Waals surface area (Å²) in [5.74, 6) is 1.18. The molecule has 32 heavy (non-hydrogen) atoms. The van der Waals surface area contributed by atoms with Crippen molar-refractivity contribution in [2.75, 3.05) is 6.54 Å². The molecule has 1 aromatic rings. The van der Waals surface area contributed by atoms with Crippen molar-refractivity contribution in [2.45, 2.75) is 63.0 Å². The highest BCUT2D eigenvalue weighted by Gasteiger charge is 2.90. The van der Waals surface area contributed by atoms with Gasteiger partial charge in [-0.2, -0.15) is 0 Å². The van der Waals surface area contributed by atoms with Crippen LogP contribution in [0.25, 0.3) is 0 Å². The second kappa shape index (κ2) is 5.34. The molecule has 0 radical (unpaired) electrons. The van der Waals surface area contributed by atoms with Crippen LogP contribution in [0.2, 0.25) is 0 Å². The van der Waals surface area contributed by atoms with Gasteiger partial charge in [0, 0.05) is 29.5 Å². The van der Waals surface area contributed by atoms with Crippen molar-refractivity contribution >= 4 is 5.97 Å². The number of aliphatic hydroxyl groups is 2. The van der Waals surface area contributed by atoms with Crippen molar-refractivity contribution < 1.29 is 19.7 Å². The molecule has 9 aliphatic rings. The maximum Gasteiger partial charge on any atom is 0.338 e. The number of benzene rings is 1. The maximum absolute atomic E-state index is 13.0. The van der Waals surface area contributed by atoms with E-state index >= 15 is 0 Å². The van der Waals surface area contributed by atoms with Crippen LogP contribution in [0.15, 0.2) is 42.5 Å². The highest BCUT2D eigenvalue weighted by atomic mass is 16.6.